The van der Waals surface area contributed by atoms with E-state index in [1.54, 1.807) is 14.2 Å². The van der Waals surface area contributed by atoms with Crippen LogP contribution in [0.25, 0.3) is 11.1 Å². The Balaban J connectivity index is 0.873. The van der Waals surface area contributed by atoms with Crippen LogP contribution in [0, 0.1) is 11.8 Å². The van der Waals surface area contributed by atoms with Crippen molar-refractivity contribution in [3.63, 3.8) is 0 Å². The van der Waals surface area contributed by atoms with Gasteiger partial charge < -0.3 is 23.8 Å². The van der Waals surface area contributed by atoms with Gasteiger partial charge in [-0.25, -0.2) is 4.79 Å². The van der Waals surface area contributed by atoms with Gasteiger partial charge in [0, 0.05) is 45.5 Å². The number of nitrogens with zero attached hydrogens (tertiary/aromatic N) is 2. The molecule has 1 saturated heterocycles. The minimum atomic E-state index is -0.398. The molecule has 2 saturated carbocycles. The molecule has 1 N–H and O–H groups in total. The van der Waals surface area contributed by atoms with Gasteiger partial charge in [-0.15, -0.1) is 0 Å². The molecular weight excluding hydrogens is 606 g/mol. The Morgan fingerprint density at radius 3 is 2.21 bits per heavy atom. The number of hydrogen-bond acceptors (Lipinski definition) is 7. The Hall–Kier alpha value is -3.76. The molecule has 6 rings (SSSR count). The summed E-state index contributed by atoms with van der Waals surface area (Å²) in [5.74, 6) is 1.21. The molecule has 3 aliphatic rings. The van der Waals surface area contributed by atoms with Crippen molar-refractivity contribution in [2.75, 3.05) is 52.4 Å². The third kappa shape index (κ3) is 9.23. The lowest BCUT2D eigenvalue weighted by Crippen LogP contribution is -2.40. The molecule has 1 unspecified atom stereocenters. The summed E-state index contributed by atoms with van der Waals surface area (Å²) in [6.07, 6.45) is 4.29. The van der Waals surface area contributed by atoms with Gasteiger partial charge in [-0.1, -0.05) is 72.8 Å². The summed E-state index contributed by atoms with van der Waals surface area (Å²) >= 11 is 0. The number of benzene rings is 3. The van der Waals surface area contributed by atoms with Crippen LogP contribution < -0.4 is 5.32 Å². The average Bonchev–Trinajstić information content (AvgIpc) is 3.78. The lowest BCUT2D eigenvalue weighted by Gasteiger charge is -2.26. The Bertz CT molecular complexity index is 1460. The van der Waals surface area contributed by atoms with E-state index in [9.17, 15) is 9.59 Å². The number of ether oxygens (including phenoxy) is 4. The van der Waals surface area contributed by atoms with E-state index < -0.39 is 6.29 Å². The van der Waals surface area contributed by atoms with Gasteiger partial charge in [0.05, 0.1) is 31.9 Å². The average molecular weight is 656 g/mol. The lowest BCUT2D eigenvalue weighted by atomic mass is 10.0. The van der Waals surface area contributed by atoms with E-state index in [1.165, 1.54) is 11.1 Å². The van der Waals surface area contributed by atoms with E-state index in [1.807, 2.05) is 59.5 Å². The van der Waals surface area contributed by atoms with Crippen LogP contribution in [-0.2, 0) is 36.7 Å². The molecule has 48 heavy (non-hydrogen) atoms. The van der Waals surface area contributed by atoms with Crippen LogP contribution in [0.1, 0.15) is 43.2 Å². The Morgan fingerprint density at radius 1 is 0.854 bits per heavy atom. The molecule has 3 fully saturated rings. The number of hydrogen-bond donors (Lipinski definition) is 1. The van der Waals surface area contributed by atoms with Crippen molar-refractivity contribution in [2.24, 2.45) is 11.8 Å². The van der Waals surface area contributed by atoms with E-state index >= 15 is 0 Å². The molecule has 1 heterocycles. The smallest absolute Gasteiger partial charge is 0.411 e. The van der Waals surface area contributed by atoms with Gasteiger partial charge in [-0.05, 0) is 66.7 Å². The van der Waals surface area contributed by atoms with Crippen LogP contribution >= 0.6 is 0 Å². The topological polar surface area (TPSA) is 89.6 Å². The zero-order valence-electron chi connectivity index (χ0n) is 28.2. The lowest BCUT2D eigenvalue weighted by molar-refractivity contribution is -0.147. The predicted octanol–water partition coefficient (Wildman–Crippen LogP) is 6.37. The summed E-state index contributed by atoms with van der Waals surface area (Å²) < 4.78 is 22.3. The normalized spacial score (nSPS) is 20.5. The zero-order valence-corrected chi connectivity index (χ0v) is 28.2. The van der Waals surface area contributed by atoms with Crippen LogP contribution in [0.3, 0.4) is 0 Å². The third-order valence-corrected chi connectivity index (χ3v) is 9.91. The van der Waals surface area contributed by atoms with Gasteiger partial charge >= 0.3 is 6.09 Å². The van der Waals surface area contributed by atoms with Crippen LogP contribution in [0.2, 0.25) is 0 Å². The minimum absolute atomic E-state index is 0.0403. The van der Waals surface area contributed by atoms with Gasteiger partial charge in [0.15, 0.2) is 6.29 Å². The first-order valence-electron chi connectivity index (χ1n) is 17.3. The van der Waals surface area contributed by atoms with Gasteiger partial charge in [0.25, 0.3) is 0 Å². The van der Waals surface area contributed by atoms with Crippen LogP contribution in [0.4, 0.5) is 10.5 Å². The van der Waals surface area contributed by atoms with E-state index in [4.69, 9.17) is 18.9 Å². The first-order chi connectivity index (χ1) is 23.5. The molecule has 0 aromatic heterocycles. The van der Waals surface area contributed by atoms with Gasteiger partial charge in [0.1, 0.15) is 6.10 Å². The maximum absolute atomic E-state index is 12.9. The molecule has 1 aliphatic heterocycles. The monoisotopic (exact) mass is 655 g/mol. The molecular formula is C39H49N3O6. The number of rotatable bonds is 16. The van der Waals surface area contributed by atoms with Crippen molar-refractivity contribution >= 4 is 17.7 Å². The number of methoxy groups -OCH3 is 2. The number of carbonyl (C=O) groups is 2. The molecule has 256 valence electrons. The van der Waals surface area contributed by atoms with E-state index in [2.05, 4.69) is 34.5 Å². The van der Waals surface area contributed by atoms with E-state index in [-0.39, 0.29) is 18.1 Å². The molecule has 3 aromatic carbocycles. The standard InChI is InChI=1S/C39H49N3O6/c1-45-38(46-2)27-42(33-16-17-33)37(43)19-21-47-20-18-28-12-14-29(15-13-28)24-41-25-31-22-34(23-32(31)26-41)48-39(44)40-36-11-7-6-10-35(36)30-8-4-3-5-9-30/h3-15,31-34,38H,16-27H2,1-2H3,(H,40,44)/t31-,32+,34?. The third-order valence-electron chi connectivity index (χ3n) is 9.91. The second-order valence-corrected chi connectivity index (χ2v) is 13.4. The molecule has 3 atom stereocenters. The van der Waals surface area contributed by atoms with Crippen molar-refractivity contribution < 1.29 is 28.5 Å². The molecule has 0 spiro atoms. The van der Waals surface area contributed by atoms with Gasteiger partial charge in [-0.2, -0.15) is 0 Å². The highest BCUT2D eigenvalue weighted by Crippen LogP contribution is 2.40. The van der Waals surface area contributed by atoms with Gasteiger partial charge in [-0.3, -0.25) is 15.0 Å². The van der Waals surface area contributed by atoms with Crippen molar-refractivity contribution in [3.8, 4) is 11.1 Å². The largest absolute Gasteiger partial charge is 0.446 e. The molecule has 9 heteroatoms. The Labute approximate surface area is 284 Å². The first kappa shape index (κ1) is 34.1. The number of amides is 2. The number of para-hydroxylation sites is 1. The zero-order chi connectivity index (χ0) is 33.3. The van der Waals surface area contributed by atoms with E-state index in [0.29, 0.717) is 44.1 Å². The molecule has 3 aromatic rings. The number of fused-ring (bicyclic) bond motifs is 1. The Kier molecular flexibility index (Phi) is 11.8. The number of nitrogens with one attached hydrogen (secondary N) is 1. The van der Waals surface area contributed by atoms with Crippen LogP contribution in [0.15, 0.2) is 78.9 Å². The summed E-state index contributed by atoms with van der Waals surface area (Å²) in [5, 5.41) is 2.99. The highest BCUT2D eigenvalue weighted by atomic mass is 16.7. The second kappa shape index (κ2) is 16.6. The van der Waals surface area contributed by atoms with Crippen molar-refractivity contribution in [1.82, 2.24) is 9.80 Å². The molecule has 9 nitrogen and oxygen atoms in total. The fourth-order valence-electron chi connectivity index (χ4n) is 7.23. The quantitative estimate of drug-likeness (QED) is 0.142. The summed E-state index contributed by atoms with van der Waals surface area (Å²) in [4.78, 5) is 30.0. The SMILES string of the molecule is COC(CN(C(=O)CCOCCc1ccc(CN2C[C@H]3CC(OC(=O)Nc4ccccc4-c4ccccc4)C[C@H]3C2)cc1)C1CC1)OC. The van der Waals surface area contributed by atoms with Gasteiger partial charge in [0.2, 0.25) is 5.91 Å². The van der Waals surface area contributed by atoms with Crippen molar-refractivity contribution in [1.29, 1.82) is 0 Å². The maximum atomic E-state index is 12.9. The maximum Gasteiger partial charge on any atom is 0.411 e. The highest BCUT2D eigenvalue weighted by Gasteiger charge is 2.42. The summed E-state index contributed by atoms with van der Waals surface area (Å²) in [6, 6.07) is 27.0. The molecule has 0 radical (unpaired) electrons. The number of anilines is 1. The first-order valence-corrected chi connectivity index (χ1v) is 17.3. The van der Waals surface area contributed by atoms with Crippen molar-refractivity contribution in [2.45, 2.75) is 63.5 Å². The number of likely N-dealkylation sites (tertiary alicyclic amines) is 1. The van der Waals surface area contributed by atoms with Crippen LogP contribution in [0.5, 0.6) is 0 Å². The summed E-state index contributed by atoms with van der Waals surface area (Å²) in [7, 11) is 3.19. The summed E-state index contributed by atoms with van der Waals surface area (Å²) in [6.45, 7) is 4.46. The minimum Gasteiger partial charge on any atom is -0.446 e. The molecule has 2 aliphatic carbocycles. The summed E-state index contributed by atoms with van der Waals surface area (Å²) in [5.41, 5.74) is 5.34. The van der Waals surface area contributed by atoms with Crippen LogP contribution in [-0.4, -0.2) is 87.3 Å². The van der Waals surface area contributed by atoms with Crippen molar-refractivity contribution in [3.05, 3.63) is 90.0 Å². The number of carbonyl (C=O) groups excluding carboxylic acids is 2. The second-order valence-electron chi connectivity index (χ2n) is 13.4. The Morgan fingerprint density at radius 2 is 1.52 bits per heavy atom. The molecule has 0 bridgehead atoms. The fraction of sp³-hybridized carbons (Fsp3) is 0.487. The molecule has 2 amide bonds. The van der Waals surface area contributed by atoms with E-state index in [0.717, 1.165) is 68.6 Å². The fourth-order valence-corrected chi connectivity index (χ4v) is 7.23. The highest BCUT2D eigenvalue weighted by molar-refractivity contribution is 5.91. The predicted molar refractivity (Wildman–Crippen MR) is 185 cm³/mol.